The highest BCUT2D eigenvalue weighted by molar-refractivity contribution is 5.85. The van der Waals surface area contributed by atoms with Crippen LogP contribution in [-0.4, -0.2) is 18.5 Å². The number of benzene rings is 2. The first-order valence-corrected chi connectivity index (χ1v) is 8.47. The highest BCUT2D eigenvalue weighted by Crippen LogP contribution is 2.24. The Morgan fingerprint density at radius 2 is 1.76 bits per heavy atom. The number of halogens is 2. The zero-order valence-corrected chi connectivity index (χ0v) is 15.1. The molecule has 2 aromatic carbocycles. The molecule has 2 aromatic rings. The van der Waals surface area contributed by atoms with Gasteiger partial charge in [-0.2, -0.15) is 0 Å². The molecule has 1 heterocycles. The van der Waals surface area contributed by atoms with Gasteiger partial charge in [0, 0.05) is 12.0 Å². The van der Waals surface area contributed by atoms with Crippen molar-refractivity contribution in [2.75, 3.05) is 6.54 Å². The van der Waals surface area contributed by atoms with Crippen molar-refractivity contribution >= 4 is 18.3 Å². The van der Waals surface area contributed by atoms with Gasteiger partial charge in [-0.1, -0.05) is 42.5 Å². The lowest BCUT2D eigenvalue weighted by Gasteiger charge is -2.29. The van der Waals surface area contributed by atoms with Crippen LogP contribution < -0.4 is 10.6 Å². The van der Waals surface area contributed by atoms with Crippen LogP contribution in [0.3, 0.4) is 0 Å². The summed E-state index contributed by atoms with van der Waals surface area (Å²) < 4.78 is 13.3. The fourth-order valence-corrected chi connectivity index (χ4v) is 3.29. The Labute approximate surface area is 154 Å². The van der Waals surface area contributed by atoms with Crippen LogP contribution in [0.15, 0.2) is 54.6 Å². The third-order valence-electron chi connectivity index (χ3n) is 4.62. The molecule has 3 nitrogen and oxygen atoms in total. The van der Waals surface area contributed by atoms with Crippen molar-refractivity contribution in [3.63, 3.8) is 0 Å². The number of amides is 1. The summed E-state index contributed by atoms with van der Waals surface area (Å²) in [6.45, 7) is 2.97. The van der Waals surface area contributed by atoms with E-state index in [1.54, 1.807) is 12.1 Å². The minimum absolute atomic E-state index is 0. The minimum Gasteiger partial charge on any atom is -0.345 e. The Bertz CT molecular complexity index is 678. The van der Waals surface area contributed by atoms with Crippen molar-refractivity contribution in [1.82, 2.24) is 10.6 Å². The number of carbonyl (C=O) groups is 1. The average molecular weight is 363 g/mol. The molecule has 3 rings (SSSR count). The second-order valence-corrected chi connectivity index (χ2v) is 6.48. The van der Waals surface area contributed by atoms with Gasteiger partial charge < -0.3 is 10.6 Å². The summed E-state index contributed by atoms with van der Waals surface area (Å²) in [6.07, 6.45) is 1.69. The van der Waals surface area contributed by atoms with E-state index in [1.807, 2.05) is 30.3 Å². The quantitative estimate of drug-likeness (QED) is 0.867. The molecule has 1 aliphatic rings. The lowest BCUT2D eigenvalue weighted by Crippen LogP contribution is -2.43. The molecular weight excluding hydrogens is 339 g/mol. The topological polar surface area (TPSA) is 41.1 Å². The molecule has 1 unspecified atom stereocenters. The van der Waals surface area contributed by atoms with Crippen molar-refractivity contribution in [2.45, 2.75) is 31.8 Å². The Morgan fingerprint density at radius 3 is 2.40 bits per heavy atom. The van der Waals surface area contributed by atoms with E-state index < -0.39 is 0 Å². The van der Waals surface area contributed by atoms with E-state index in [0.29, 0.717) is 6.04 Å². The second-order valence-electron chi connectivity index (χ2n) is 6.48. The zero-order valence-electron chi connectivity index (χ0n) is 14.2. The molecule has 1 amide bonds. The SMILES string of the molecule is C[C@H]1C[C@@H](C(=O)NC(c2ccccc2)c2ccc(F)cc2)CCN1.Cl. The molecule has 0 bridgehead atoms. The van der Waals surface area contributed by atoms with Gasteiger partial charge in [-0.3, -0.25) is 4.79 Å². The summed E-state index contributed by atoms with van der Waals surface area (Å²) in [5.74, 6) is -0.182. The van der Waals surface area contributed by atoms with Gasteiger partial charge in [0.25, 0.3) is 0 Å². The molecule has 5 heteroatoms. The van der Waals surface area contributed by atoms with E-state index in [-0.39, 0.29) is 36.1 Å². The molecule has 2 N–H and O–H groups in total. The normalized spacial score (nSPS) is 21.0. The fraction of sp³-hybridized carbons (Fsp3) is 0.350. The van der Waals surface area contributed by atoms with Gasteiger partial charge in [0.1, 0.15) is 5.82 Å². The van der Waals surface area contributed by atoms with Gasteiger partial charge in [0.05, 0.1) is 6.04 Å². The molecule has 0 aromatic heterocycles. The van der Waals surface area contributed by atoms with Crippen LogP contribution in [0.1, 0.15) is 36.9 Å². The first-order chi connectivity index (χ1) is 11.6. The molecule has 0 radical (unpaired) electrons. The maximum Gasteiger partial charge on any atom is 0.223 e. The van der Waals surface area contributed by atoms with E-state index >= 15 is 0 Å². The standard InChI is InChI=1S/C20H23FN2O.ClH/c1-14-13-17(11-12-22-14)20(24)23-19(15-5-3-2-4-6-15)16-7-9-18(21)10-8-16;/h2-10,14,17,19,22H,11-13H2,1H3,(H,23,24);1H/t14-,17-,19?;/m0./s1. The van der Waals surface area contributed by atoms with E-state index in [0.717, 1.165) is 30.5 Å². The van der Waals surface area contributed by atoms with E-state index in [2.05, 4.69) is 17.6 Å². The van der Waals surface area contributed by atoms with Crippen LogP contribution in [0.25, 0.3) is 0 Å². The number of rotatable bonds is 4. The number of carbonyl (C=O) groups excluding carboxylic acids is 1. The summed E-state index contributed by atoms with van der Waals surface area (Å²) in [5.41, 5.74) is 1.89. The minimum atomic E-state index is -0.274. The van der Waals surface area contributed by atoms with Crippen LogP contribution >= 0.6 is 12.4 Å². The Balaban J connectivity index is 0.00000225. The number of hydrogen-bond acceptors (Lipinski definition) is 2. The molecule has 134 valence electrons. The predicted molar refractivity (Wildman–Crippen MR) is 100 cm³/mol. The average Bonchev–Trinajstić information content (AvgIpc) is 2.61. The van der Waals surface area contributed by atoms with Gasteiger partial charge in [-0.05, 0) is 49.6 Å². The number of hydrogen-bond donors (Lipinski definition) is 2. The van der Waals surface area contributed by atoms with Gasteiger partial charge in [0.15, 0.2) is 0 Å². The molecule has 0 aliphatic carbocycles. The molecule has 1 aliphatic heterocycles. The van der Waals surface area contributed by atoms with Crippen molar-refractivity contribution in [3.05, 3.63) is 71.5 Å². The molecule has 1 fully saturated rings. The first-order valence-electron chi connectivity index (χ1n) is 8.47. The lowest BCUT2D eigenvalue weighted by molar-refractivity contribution is -0.126. The summed E-state index contributed by atoms with van der Waals surface area (Å²) in [7, 11) is 0. The number of piperidine rings is 1. The second kappa shape index (κ2) is 8.97. The Kier molecular flexibility index (Phi) is 6.97. The number of nitrogens with one attached hydrogen (secondary N) is 2. The fourth-order valence-electron chi connectivity index (χ4n) is 3.29. The molecule has 1 saturated heterocycles. The van der Waals surface area contributed by atoms with Gasteiger partial charge in [-0.15, -0.1) is 12.4 Å². The predicted octanol–water partition coefficient (Wildman–Crippen LogP) is 3.84. The largest absolute Gasteiger partial charge is 0.345 e. The van der Waals surface area contributed by atoms with E-state index in [4.69, 9.17) is 0 Å². The Hall–Kier alpha value is -1.91. The van der Waals surface area contributed by atoms with E-state index in [9.17, 15) is 9.18 Å². The van der Waals surface area contributed by atoms with Crippen molar-refractivity contribution in [3.8, 4) is 0 Å². The van der Waals surface area contributed by atoms with Crippen molar-refractivity contribution in [2.24, 2.45) is 5.92 Å². The highest BCUT2D eigenvalue weighted by Gasteiger charge is 2.27. The summed E-state index contributed by atoms with van der Waals surface area (Å²) >= 11 is 0. The Morgan fingerprint density at radius 1 is 1.12 bits per heavy atom. The van der Waals surface area contributed by atoms with Crippen LogP contribution in [0.5, 0.6) is 0 Å². The lowest BCUT2D eigenvalue weighted by atomic mass is 9.91. The smallest absolute Gasteiger partial charge is 0.223 e. The summed E-state index contributed by atoms with van der Waals surface area (Å²) in [6, 6.07) is 16.3. The summed E-state index contributed by atoms with van der Waals surface area (Å²) in [5, 5.41) is 6.54. The van der Waals surface area contributed by atoms with Crippen LogP contribution in [0.4, 0.5) is 4.39 Å². The van der Waals surface area contributed by atoms with Crippen LogP contribution in [0, 0.1) is 11.7 Å². The first kappa shape index (κ1) is 19.4. The van der Waals surface area contributed by atoms with Crippen LogP contribution in [-0.2, 0) is 4.79 Å². The molecule has 25 heavy (non-hydrogen) atoms. The maximum atomic E-state index is 13.3. The molecule has 0 saturated carbocycles. The zero-order chi connectivity index (χ0) is 16.9. The molecule has 3 atom stereocenters. The van der Waals surface area contributed by atoms with Gasteiger partial charge in [0.2, 0.25) is 5.91 Å². The van der Waals surface area contributed by atoms with Gasteiger partial charge >= 0.3 is 0 Å². The molecular formula is C20H24ClFN2O. The van der Waals surface area contributed by atoms with Crippen molar-refractivity contribution < 1.29 is 9.18 Å². The maximum absolute atomic E-state index is 13.3. The monoisotopic (exact) mass is 362 g/mol. The van der Waals surface area contributed by atoms with E-state index in [1.165, 1.54) is 12.1 Å². The summed E-state index contributed by atoms with van der Waals surface area (Å²) in [4.78, 5) is 12.8. The van der Waals surface area contributed by atoms with Gasteiger partial charge in [-0.25, -0.2) is 4.39 Å². The third kappa shape index (κ3) is 5.03. The highest BCUT2D eigenvalue weighted by atomic mass is 35.5. The molecule has 0 spiro atoms. The van der Waals surface area contributed by atoms with Crippen molar-refractivity contribution in [1.29, 1.82) is 0 Å². The third-order valence-corrected chi connectivity index (χ3v) is 4.62. The van der Waals surface area contributed by atoms with Crippen LogP contribution in [0.2, 0.25) is 0 Å².